The normalized spacial score (nSPS) is 11.1. The molecule has 0 amide bonds. The molecule has 0 unspecified atom stereocenters. The highest BCUT2D eigenvalue weighted by Crippen LogP contribution is 2.22. The predicted molar refractivity (Wildman–Crippen MR) is 115 cm³/mol. The van der Waals surface area contributed by atoms with Crippen LogP contribution in [0.5, 0.6) is 0 Å². The van der Waals surface area contributed by atoms with Crippen LogP contribution < -0.4 is 5.56 Å². The lowest BCUT2D eigenvalue weighted by molar-refractivity contribution is 0.284. The van der Waals surface area contributed by atoms with Gasteiger partial charge in [-0.05, 0) is 42.9 Å². The van der Waals surface area contributed by atoms with Crippen LogP contribution in [0.15, 0.2) is 58.5 Å². The summed E-state index contributed by atoms with van der Waals surface area (Å²) < 4.78 is 1.80. The Morgan fingerprint density at radius 3 is 2.50 bits per heavy atom. The lowest BCUT2D eigenvalue weighted by atomic mass is 10.2. The van der Waals surface area contributed by atoms with Gasteiger partial charge >= 0.3 is 0 Å². The van der Waals surface area contributed by atoms with Crippen LogP contribution in [0.3, 0.4) is 0 Å². The number of nitrogens with zero attached hydrogens (tertiary/aromatic N) is 4. The summed E-state index contributed by atoms with van der Waals surface area (Å²) >= 11 is 1.56. The van der Waals surface area contributed by atoms with E-state index in [0.717, 1.165) is 35.9 Å². The first-order valence-electron chi connectivity index (χ1n) is 9.50. The molecule has 0 spiro atoms. The highest BCUT2D eigenvalue weighted by atomic mass is 32.2. The van der Waals surface area contributed by atoms with Gasteiger partial charge < -0.3 is 4.90 Å². The van der Waals surface area contributed by atoms with E-state index in [1.54, 1.807) is 16.3 Å². The van der Waals surface area contributed by atoms with Crippen LogP contribution >= 0.6 is 11.8 Å². The van der Waals surface area contributed by atoms with Crippen LogP contribution in [0.2, 0.25) is 0 Å². The van der Waals surface area contributed by atoms with E-state index in [2.05, 4.69) is 24.8 Å². The van der Waals surface area contributed by atoms with Crippen molar-refractivity contribution in [1.82, 2.24) is 14.5 Å². The van der Waals surface area contributed by atoms with E-state index in [4.69, 9.17) is 10.2 Å². The Morgan fingerprint density at radius 1 is 1.11 bits per heavy atom. The van der Waals surface area contributed by atoms with Gasteiger partial charge in [0.05, 0.1) is 22.5 Å². The number of benzene rings is 2. The van der Waals surface area contributed by atoms with E-state index < -0.39 is 0 Å². The molecule has 0 fully saturated rings. The van der Waals surface area contributed by atoms with Crippen LogP contribution in [-0.2, 0) is 12.3 Å². The van der Waals surface area contributed by atoms with Gasteiger partial charge in [-0.25, -0.2) is 4.98 Å². The number of para-hydroxylation sites is 1. The number of nitriles is 1. The number of aromatic nitrogens is 2. The third-order valence-corrected chi connectivity index (χ3v) is 5.86. The molecule has 0 aliphatic carbocycles. The maximum absolute atomic E-state index is 13.1. The fourth-order valence-corrected chi connectivity index (χ4v) is 4.04. The molecule has 1 aromatic heterocycles. The van der Waals surface area contributed by atoms with Crippen molar-refractivity contribution in [3.63, 3.8) is 0 Å². The lowest BCUT2D eigenvalue weighted by Gasteiger charge is -2.20. The maximum Gasteiger partial charge on any atom is 0.262 e. The van der Waals surface area contributed by atoms with Gasteiger partial charge in [-0.3, -0.25) is 9.36 Å². The van der Waals surface area contributed by atoms with E-state index in [-0.39, 0.29) is 5.56 Å². The number of fused-ring (bicyclic) bond motifs is 1. The topological polar surface area (TPSA) is 61.9 Å². The smallest absolute Gasteiger partial charge is 0.262 e. The Labute approximate surface area is 169 Å². The number of rotatable bonds is 8. The molecule has 0 saturated heterocycles. The Kier molecular flexibility index (Phi) is 6.85. The summed E-state index contributed by atoms with van der Waals surface area (Å²) in [7, 11) is 0. The third kappa shape index (κ3) is 4.61. The molecule has 144 valence electrons. The van der Waals surface area contributed by atoms with E-state index in [9.17, 15) is 4.79 Å². The summed E-state index contributed by atoms with van der Waals surface area (Å²) in [5, 5.41) is 10.3. The molecule has 28 heavy (non-hydrogen) atoms. The van der Waals surface area contributed by atoms with Crippen LogP contribution in [0, 0.1) is 11.3 Å². The summed E-state index contributed by atoms with van der Waals surface area (Å²) in [6.45, 7) is 7.61. The molecular weight excluding hydrogens is 368 g/mol. The average Bonchev–Trinajstić information content (AvgIpc) is 2.74. The zero-order valence-electron chi connectivity index (χ0n) is 16.3. The summed E-state index contributed by atoms with van der Waals surface area (Å²) in [5.74, 6) is 0.696. The van der Waals surface area contributed by atoms with Crippen LogP contribution in [-0.4, -0.2) is 34.1 Å². The molecule has 3 rings (SSSR count). The van der Waals surface area contributed by atoms with E-state index in [0.29, 0.717) is 23.2 Å². The molecule has 2 aromatic carbocycles. The highest BCUT2D eigenvalue weighted by Gasteiger charge is 2.12. The van der Waals surface area contributed by atoms with E-state index in [1.165, 1.54) is 0 Å². The van der Waals surface area contributed by atoms with Crippen molar-refractivity contribution in [2.24, 2.45) is 0 Å². The fourth-order valence-electron chi connectivity index (χ4n) is 3.06. The fraction of sp³-hybridized carbons (Fsp3) is 0.318. The zero-order chi connectivity index (χ0) is 19.9. The number of thioether (sulfide) groups is 1. The molecule has 0 N–H and O–H groups in total. The molecule has 0 atom stereocenters. The average molecular weight is 393 g/mol. The second kappa shape index (κ2) is 9.54. The monoisotopic (exact) mass is 392 g/mol. The summed E-state index contributed by atoms with van der Waals surface area (Å²) in [6.07, 6.45) is 0. The van der Waals surface area contributed by atoms with Gasteiger partial charge in [-0.2, -0.15) is 5.26 Å². The van der Waals surface area contributed by atoms with Crippen LogP contribution in [0.25, 0.3) is 10.9 Å². The Morgan fingerprint density at radius 2 is 1.82 bits per heavy atom. The number of likely N-dealkylation sites (N-methyl/N-ethyl adjacent to an activating group) is 1. The molecule has 0 aliphatic rings. The van der Waals surface area contributed by atoms with Gasteiger partial charge in [0.1, 0.15) is 0 Å². The quantitative estimate of drug-likeness (QED) is 0.430. The third-order valence-electron chi connectivity index (χ3n) is 4.81. The number of hydrogen-bond acceptors (Lipinski definition) is 5. The summed E-state index contributed by atoms with van der Waals surface area (Å²) in [5.41, 5.74) is 2.49. The summed E-state index contributed by atoms with van der Waals surface area (Å²) in [6, 6.07) is 17.2. The van der Waals surface area contributed by atoms with Crippen molar-refractivity contribution in [2.45, 2.75) is 31.3 Å². The first-order chi connectivity index (χ1) is 13.7. The molecule has 0 saturated carbocycles. The summed E-state index contributed by atoms with van der Waals surface area (Å²) in [4.78, 5) is 20.2. The van der Waals surface area contributed by atoms with Gasteiger partial charge in [0.25, 0.3) is 5.56 Å². The van der Waals surface area contributed by atoms with Gasteiger partial charge in [0.2, 0.25) is 0 Å². The number of hydrogen-bond donors (Lipinski definition) is 0. The van der Waals surface area contributed by atoms with Gasteiger partial charge in [0, 0.05) is 18.8 Å². The van der Waals surface area contributed by atoms with Crippen molar-refractivity contribution in [2.75, 3.05) is 19.6 Å². The Bertz CT molecular complexity index is 1030. The minimum Gasteiger partial charge on any atom is -0.302 e. The van der Waals surface area contributed by atoms with Crippen molar-refractivity contribution >= 4 is 22.7 Å². The molecule has 0 aliphatic heterocycles. The van der Waals surface area contributed by atoms with Crippen LogP contribution in [0.4, 0.5) is 0 Å². The first kappa shape index (κ1) is 20.1. The minimum atomic E-state index is 0.0140. The second-order valence-corrected chi connectivity index (χ2v) is 7.44. The van der Waals surface area contributed by atoms with Gasteiger partial charge in [-0.15, -0.1) is 0 Å². The SMILES string of the molecule is CCN(CC)CCn1c(SCc2ccc(C#N)cc2)nc2ccccc2c1=O. The molecular formula is C22H24N4OS. The molecule has 6 heteroatoms. The van der Waals surface area contributed by atoms with Crippen molar-refractivity contribution in [1.29, 1.82) is 5.26 Å². The zero-order valence-corrected chi connectivity index (χ0v) is 17.1. The molecule has 0 radical (unpaired) electrons. The molecule has 3 aromatic rings. The van der Waals surface area contributed by atoms with E-state index in [1.807, 2.05) is 48.5 Å². The lowest BCUT2D eigenvalue weighted by Crippen LogP contribution is -2.32. The molecule has 0 bridgehead atoms. The van der Waals surface area contributed by atoms with Gasteiger partial charge in [-0.1, -0.05) is 49.9 Å². The van der Waals surface area contributed by atoms with Crippen molar-refractivity contribution in [3.8, 4) is 6.07 Å². The van der Waals surface area contributed by atoms with Crippen molar-refractivity contribution < 1.29 is 0 Å². The minimum absolute atomic E-state index is 0.0140. The largest absolute Gasteiger partial charge is 0.302 e. The second-order valence-electron chi connectivity index (χ2n) is 6.49. The van der Waals surface area contributed by atoms with Crippen LogP contribution in [0.1, 0.15) is 25.0 Å². The molecule has 1 heterocycles. The standard InChI is InChI=1S/C22H24N4OS/c1-3-25(4-2)13-14-26-21(27)19-7-5-6-8-20(19)24-22(26)28-16-18-11-9-17(15-23)10-12-18/h5-12H,3-4,13-14,16H2,1-2H3. The first-order valence-corrected chi connectivity index (χ1v) is 10.5. The van der Waals surface area contributed by atoms with Gasteiger partial charge in [0.15, 0.2) is 5.16 Å². The van der Waals surface area contributed by atoms with Crippen molar-refractivity contribution in [3.05, 3.63) is 70.0 Å². The molecule has 5 nitrogen and oxygen atoms in total. The predicted octanol–water partition coefficient (Wildman–Crippen LogP) is 3.90. The Balaban J connectivity index is 1.90. The van der Waals surface area contributed by atoms with E-state index >= 15 is 0 Å². The highest BCUT2D eigenvalue weighted by molar-refractivity contribution is 7.98. The maximum atomic E-state index is 13.1. The Hall–Kier alpha value is -2.62.